The zero-order chi connectivity index (χ0) is 18.5. The van der Waals surface area contributed by atoms with E-state index < -0.39 is 0 Å². The molecule has 26 heavy (non-hydrogen) atoms. The van der Waals surface area contributed by atoms with E-state index >= 15 is 0 Å². The van der Waals surface area contributed by atoms with Crippen molar-refractivity contribution in [3.8, 4) is 11.5 Å². The molecule has 1 amide bonds. The molecule has 138 valence electrons. The number of ether oxygens (including phenoxy) is 2. The molecule has 1 aliphatic heterocycles. The third-order valence-electron chi connectivity index (χ3n) is 4.39. The number of nitrogens with one attached hydrogen (secondary N) is 3. The van der Waals surface area contributed by atoms with Gasteiger partial charge in [0.2, 0.25) is 5.91 Å². The maximum atomic E-state index is 12.5. The van der Waals surface area contributed by atoms with Crippen LogP contribution in [0.3, 0.4) is 0 Å². The Labute approximate surface area is 161 Å². The van der Waals surface area contributed by atoms with Crippen LogP contribution >= 0.6 is 15.9 Å². The monoisotopic (exact) mass is 419 g/mol. The van der Waals surface area contributed by atoms with Crippen molar-refractivity contribution >= 4 is 21.8 Å². The summed E-state index contributed by atoms with van der Waals surface area (Å²) in [6.07, 6.45) is 0.632. The van der Waals surface area contributed by atoms with Crippen molar-refractivity contribution in [1.29, 1.82) is 0 Å². The number of rotatable bonds is 6. The highest BCUT2D eigenvalue weighted by Crippen LogP contribution is 2.33. The largest absolute Gasteiger partial charge is 0.497 e. The first-order valence-corrected chi connectivity index (χ1v) is 9.15. The molecule has 0 aromatic heterocycles. The lowest BCUT2D eigenvalue weighted by atomic mass is 10.0. The van der Waals surface area contributed by atoms with Gasteiger partial charge in [0.05, 0.1) is 20.3 Å². The summed E-state index contributed by atoms with van der Waals surface area (Å²) in [5, 5.41) is 2.97. The summed E-state index contributed by atoms with van der Waals surface area (Å²) in [4.78, 5) is 12.5. The summed E-state index contributed by atoms with van der Waals surface area (Å²) in [5.74, 6) is 1.44. The molecule has 0 saturated carbocycles. The van der Waals surface area contributed by atoms with Crippen LogP contribution in [0.4, 0.5) is 0 Å². The first-order valence-electron chi connectivity index (χ1n) is 8.36. The zero-order valence-corrected chi connectivity index (χ0v) is 16.3. The summed E-state index contributed by atoms with van der Waals surface area (Å²) in [6.45, 7) is 0.493. The van der Waals surface area contributed by atoms with Crippen LogP contribution in [-0.4, -0.2) is 26.2 Å². The Morgan fingerprint density at radius 1 is 1.19 bits per heavy atom. The molecular formula is C19H22BrN3O3. The predicted molar refractivity (Wildman–Crippen MR) is 103 cm³/mol. The minimum absolute atomic E-state index is 0.0162. The Morgan fingerprint density at radius 2 is 2.04 bits per heavy atom. The van der Waals surface area contributed by atoms with Crippen LogP contribution in [0.25, 0.3) is 0 Å². The third kappa shape index (κ3) is 4.35. The highest BCUT2D eigenvalue weighted by Gasteiger charge is 2.31. The summed E-state index contributed by atoms with van der Waals surface area (Å²) in [5.41, 5.74) is 8.30. The van der Waals surface area contributed by atoms with Crippen molar-refractivity contribution in [2.45, 2.75) is 25.0 Å². The Balaban J connectivity index is 1.60. The lowest BCUT2D eigenvalue weighted by molar-refractivity contribution is -0.123. The van der Waals surface area contributed by atoms with Crippen LogP contribution in [0.2, 0.25) is 0 Å². The Morgan fingerprint density at radius 3 is 2.77 bits per heavy atom. The topological polar surface area (TPSA) is 71.6 Å². The molecule has 6 nitrogen and oxygen atoms in total. The van der Waals surface area contributed by atoms with Crippen molar-refractivity contribution in [1.82, 2.24) is 16.2 Å². The number of amides is 1. The van der Waals surface area contributed by atoms with Gasteiger partial charge in [-0.25, -0.2) is 10.9 Å². The molecule has 2 aromatic carbocycles. The normalized spacial score (nSPS) is 19.2. The summed E-state index contributed by atoms with van der Waals surface area (Å²) in [7, 11) is 3.25. The van der Waals surface area contributed by atoms with Gasteiger partial charge in [-0.2, -0.15) is 0 Å². The van der Waals surface area contributed by atoms with Gasteiger partial charge < -0.3 is 14.8 Å². The van der Waals surface area contributed by atoms with Gasteiger partial charge in [0, 0.05) is 22.6 Å². The first kappa shape index (κ1) is 18.7. The molecule has 3 rings (SSSR count). The average molecular weight is 420 g/mol. The van der Waals surface area contributed by atoms with E-state index in [0.717, 1.165) is 27.1 Å². The smallest absolute Gasteiger partial charge is 0.238 e. The lowest BCUT2D eigenvalue weighted by Crippen LogP contribution is -2.42. The average Bonchev–Trinajstić information content (AvgIpc) is 3.15. The van der Waals surface area contributed by atoms with Crippen LogP contribution in [0.1, 0.15) is 23.6 Å². The number of methoxy groups -OCH3 is 2. The van der Waals surface area contributed by atoms with E-state index in [1.54, 1.807) is 14.2 Å². The minimum atomic E-state index is -0.307. The van der Waals surface area contributed by atoms with Gasteiger partial charge in [0.25, 0.3) is 0 Å². The Hall–Kier alpha value is -2.09. The van der Waals surface area contributed by atoms with Crippen molar-refractivity contribution < 1.29 is 14.3 Å². The molecule has 7 heteroatoms. The van der Waals surface area contributed by atoms with E-state index in [1.807, 2.05) is 42.5 Å². The zero-order valence-electron chi connectivity index (χ0n) is 14.7. The lowest BCUT2D eigenvalue weighted by Gasteiger charge is -2.15. The molecule has 0 spiro atoms. The molecule has 2 aromatic rings. The molecule has 1 heterocycles. The van der Waals surface area contributed by atoms with E-state index in [4.69, 9.17) is 9.47 Å². The summed E-state index contributed by atoms with van der Waals surface area (Å²) < 4.78 is 11.7. The number of carbonyl (C=O) groups excluding carboxylic acids is 1. The van der Waals surface area contributed by atoms with E-state index in [0.29, 0.717) is 13.0 Å². The van der Waals surface area contributed by atoms with E-state index in [2.05, 4.69) is 32.1 Å². The first-order chi connectivity index (χ1) is 12.6. The number of hydrogen-bond donors (Lipinski definition) is 3. The summed E-state index contributed by atoms with van der Waals surface area (Å²) >= 11 is 3.44. The van der Waals surface area contributed by atoms with Crippen molar-refractivity contribution in [3.63, 3.8) is 0 Å². The third-order valence-corrected chi connectivity index (χ3v) is 4.88. The van der Waals surface area contributed by atoms with Crippen LogP contribution in [0.15, 0.2) is 46.9 Å². The molecular weight excluding hydrogens is 398 g/mol. The van der Waals surface area contributed by atoms with E-state index in [1.165, 1.54) is 0 Å². The predicted octanol–water partition coefficient (Wildman–Crippen LogP) is 2.69. The van der Waals surface area contributed by atoms with Crippen LogP contribution in [0.5, 0.6) is 11.5 Å². The molecule has 1 fully saturated rings. The quantitative estimate of drug-likeness (QED) is 0.671. The van der Waals surface area contributed by atoms with Gasteiger partial charge >= 0.3 is 0 Å². The maximum Gasteiger partial charge on any atom is 0.238 e. The van der Waals surface area contributed by atoms with Crippen molar-refractivity contribution in [3.05, 3.63) is 58.1 Å². The maximum absolute atomic E-state index is 12.5. The number of benzene rings is 2. The summed E-state index contributed by atoms with van der Waals surface area (Å²) in [6, 6.07) is 13.3. The van der Waals surface area contributed by atoms with Crippen LogP contribution in [0, 0.1) is 0 Å². The van der Waals surface area contributed by atoms with Gasteiger partial charge in [-0.1, -0.05) is 34.1 Å². The number of carbonyl (C=O) groups is 1. The van der Waals surface area contributed by atoms with Gasteiger partial charge in [-0.3, -0.25) is 4.79 Å². The second-order valence-corrected chi connectivity index (χ2v) is 7.00. The van der Waals surface area contributed by atoms with Crippen molar-refractivity contribution in [2.24, 2.45) is 0 Å². The molecule has 2 unspecified atom stereocenters. The second kappa shape index (κ2) is 8.53. The second-order valence-electron chi connectivity index (χ2n) is 6.09. The highest BCUT2D eigenvalue weighted by atomic mass is 79.9. The number of hydrogen-bond acceptors (Lipinski definition) is 5. The van der Waals surface area contributed by atoms with E-state index in [-0.39, 0.29) is 18.0 Å². The fraction of sp³-hybridized carbons (Fsp3) is 0.316. The van der Waals surface area contributed by atoms with Gasteiger partial charge in [0.15, 0.2) is 0 Å². The van der Waals surface area contributed by atoms with Crippen molar-refractivity contribution in [2.75, 3.05) is 14.2 Å². The SMILES string of the molecule is COc1ccc(C2CC(C(=O)NCc3cccc(Br)c3)NN2)c(OC)c1. The molecule has 1 aliphatic rings. The van der Waals surface area contributed by atoms with Gasteiger partial charge in [-0.15, -0.1) is 0 Å². The standard InChI is InChI=1S/C19H22BrN3O3/c1-25-14-6-7-15(18(9-14)26-2)16-10-17(23-22-16)19(24)21-11-12-4-3-5-13(20)8-12/h3-9,16-17,22-23H,10-11H2,1-2H3,(H,21,24). The van der Waals surface area contributed by atoms with Gasteiger partial charge in [-0.05, 0) is 30.2 Å². The number of halogens is 1. The fourth-order valence-electron chi connectivity index (χ4n) is 3.00. The van der Waals surface area contributed by atoms with Crippen LogP contribution < -0.4 is 25.6 Å². The Kier molecular flexibility index (Phi) is 6.13. The fourth-order valence-corrected chi connectivity index (χ4v) is 3.44. The van der Waals surface area contributed by atoms with Gasteiger partial charge in [0.1, 0.15) is 17.5 Å². The molecule has 0 radical (unpaired) electrons. The van der Waals surface area contributed by atoms with Crippen LogP contribution in [-0.2, 0) is 11.3 Å². The molecule has 1 saturated heterocycles. The highest BCUT2D eigenvalue weighted by molar-refractivity contribution is 9.10. The number of hydrazine groups is 1. The minimum Gasteiger partial charge on any atom is -0.497 e. The van der Waals surface area contributed by atoms with E-state index in [9.17, 15) is 4.79 Å². The molecule has 0 aliphatic carbocycles. The molecule has 3 N–H and O–H groups in total. The molecule has 0 bridgehead atoms. The Bertz CT molecular complexity index is 784. The molecule has 2 atom stereocenters.